The molecule has 0 aromatic heterocycles. The van der Waals surface area contributed by atoms with E-state index in [0.29, 0.717) is 0 Å². The molecule has 1 unspecified atom stereocenters. The smallest absolute Gasteiger partial charge is 0.0551 e. The van der Waals surface area contributed by atoms with Crippen molar-refractivity contribution in [1.29, 1.82) is 0 Å². The molecule has 94 valence electrons. The second-order valence-corrected chi connectivity index (χ2v) is 4.64. The van der Waals surface area contributed by atoms with Gasteiger partial charge in [0.15, 0.2) is 0 Å². The topological polar surface area (TPSA) is 52.0 Å². The molecule has 0 aliphatic rings. The molecule has 2 rings (SSSR count). The average molecular weight is 240 g/mol. The van der Waals surface area contributed by atoms with Crippen molar-refractivity contribution in [3.63, 3.8) is 0 Å². The second-order valence-electron chi connectivity index (χ2n) is 4.64. The van der Waals surface area contributed by atoms with Crippen molar-refractivity contribution in [3.8, 4) is 0 Å². The van der Waals surface area contributed by atoms with E-state index in [2.05, 4.69) is 31.2 Å². The van der Waals surface area contributed by atoms with Crippen molar-refractivity contribution in [3.05, 3.63) is 65.2 Å². The zero-order valence-electron chi connectivity index (χ0n) is 10.8. The first-order valence-corrected chi connectivity index (χ1v) is 6.40. The normalized spacial score (nSPS) is 12.3. The molecule has 2 heteroatoms. The zero-order chi connectivity index (χ0) is 13.0. The van der Waals surface area contributed by atoms with Crippen LogP contribution in [0.1, 0.15) is 36.1 Å². The van der Waals surface area contributed by atoms with Crippen molar-refractivity contribution in [2.24, 2.45) is 5.73 Å². The summed E-state index contributed by atoms with van der Waals surface area (Å²) in [7, 11) is 0. The van der Waals surface area contributed by atoms with Crippen molar-refractivity contribution in [2.45, 2.75) is 25.8 Å². The highest BCUT2D eigenvalue weighted by molar-refractivity contribution is 5.42. The van der Waals surface area contributed by atoms with E-state index in [0.717, 1.165) is 23.2 Å². The van der Waals surface area contributed by atoms with Crippen LogP contribution in [-0.2, 0) is 6.42 Å². The van der Waals surface area contributed by atoms with Gasteiger partial charge in [0.25, 0.3) is 0 Å². The lowest BCUT2D eigenvalue weighted by Gasteiger charge is -2.13. The molecule has 0 radical (unpaired) electrons. The summed E-state index contributed by atoms with van der Waals surface area (Å²) in [6.07, 6.45) is 2.29. The van der Waals surface area contributed by atoms with E-state index >= 15 is 0 Å². The van der Waals surface area contributed by atoms with Crippen LogP contribution >= 0.6 is 0 Å². The Morgan fingerprint density at radius 3 is 1.89 bits per heavy atom. The van der Waals surface area contributed by atoms with Crippen LogP contribution in [0.5, 0.6) is 0 Å². The Hall–Kier alpha value is -1.80. The Bertz CT molecular complexity index is 486. The van der Waals surface area contributed by atoms with E-state index in [9.17, 15) is 0 Å². The SMILES string of the molecule is CCCc1ccc(C(N)c2ccc(N)cc2)cc1. The van der Waals surface area contributed by atoms with Gasteiger partial charge in [-0.25, -0.2) is 0 Å². The lowest BCUT2D eigenvalue weighted by Crippen LogP contribution is -2.11. The quantitative estimate of drug-likeness (QED) is 0.806. The van der Waals surface area contributed by atoms with Gasteiger partial charge in [-0.3, -0.25) is 0 Å². The predicted octanol–water partition coefficient (Wildman–Crippen LogP) is 3.27. The molecule has 0 fully saturated rings. The first-order chi connectivity index (χ1) is 8.70. The van der Waals surface area contributed by atoms with E-state index in [1.807, 2.05) is 24.3 Å². The van der Waals surface area contributed by atoms with E-state index < -0.39 is 0 Å². The lowest BCUT2D eigenvalue weighted by molar-refractivity contribution is 0.865. The molecule has 0 aliphatic heterocycles. The number of hydrogen-bond acceptors (Lipinski definition) is 2. The highest BCUT2D eigenvalue weighted by Gasteiger charge is 2.08. The third-order valence-corrected chi connectivity index (χ3v) is 3.17. The summed E-state index contributed by atoms with van der Waals surface area (Å²) in [6, 6.07) is 16.2. The highest BCUT2D eigenvalue weighted by atomic mass is 14.6. The maximum atomic E-state index is 6.25. The number of anilines is 1. The monoisotopic (exact) mass is 240 g/mol. The fourth-order valence-corrected chi connectivity index (χ4v) is 2.08. The fourth-order valence-electron chi connectivity index (χ4n) is 2.08. The molecule has 1 atom stereocenters. The van der Waals surface area contributed by atoms with Crippen LogP contribution in [0.2, 0.25) is 0 Å². The van der Waals surface area contributed by atoms with Crippen molar-refractivity contribution >= 4 is 5.69 Å². The molecule has 4 N–H and O–H groups in total. The summed E-state index contributed by atoms with van der Waals surface area (Å²) < 4.78 is 0. The van der Waals surface area contributed by atoms with Crippen LogP contribution in [0.4, 0.5) is 5.69 Å². The molecule has 2 aromatic rings. The number of rotatable bonds is 4. The summed E-state index contributed by atoms with van der Waals surface area (Å²) in [5.41, 5.74) is 16.3. The summed E-state index contributed by atoms with van der Waals surface area (Å²) in [5, 5.41) is 0. The van der Waals surface area contributed by atoms with Gasteiger partial charge in [-0.1, -0.05) is 49.7 Å². The largest absolute Gasteiger partial charge is 0.399 e. The van der Waals surface area contributed by atoms with Crippen LogP contribution in [0, 0.1) is 0 Å². The first kappa shape index (κ1) is 12.7. The standard InChI is InChI=1S/C16H20N2/c1-2-3-12-4-6-13(7-5-12)16(18)14-8-10-15(17)11-9-14/h4-11,16H,2-3,17-18H2,1H3. The van der Waals surface area contributed by atoms with Gasteiger partial charge >= 0.3 is 0 Å². The van der Waals surface area contributed by atoms with Crippen LogP contribution in [0.15, 0.2) is 48.5 Å². The maximum absolute atomic E-state index is 6.25. The summed E-state index contributed by atoms with van der Waals surface area (Å²) in [4.78, 5) is 0. The van der Waals surface area contributed by atoms with Crippen molar-refractivity contribution in [1.82, 2.24) is 0 Å². The van der Waals surface area contributed by atoms with Gasteiger partial charge in [0.05, 0.1) is 6.04 Å². The predicted molar refractivity (Wildman–Crippen MR) is 77.3 cm³/mol. The van der Waals surface area contributed by atoms with E-state index in [-0.39, 0.29) is 6.04 Å². The Morgan fingerprint density at radius 1 is 0.889 bits per heavy atom. The molecule has 2 nitrogen and oxygen atoms in total. The molecule has 0 aliphatic carbocycles. The molecule has 0 spiro atoms. The Morgan fingerprint density at radius 2 is 1.39 bits per heavy atom. The molecule has 0 saturated heterocycles. The minimum absolute atomic E-state index is 0.0822. The highest BCUT2D eigenvalue weighted by Crippen LogP contribution is 2.21. The fraction of sp³-hybridized carbons (Fsp3) is 0.250. The third-order valence-electron chi connectivity index (χ3n) is 3.17. The molecular weight excluding hydrogens is 220 g/mol. The summed E-state index contributed by atoms with van der Waals surface area (Å²) >= 11 is 0. The molecule has 0 saturated carbocycles. The van der Waals surface area contributed by atoms with Gasteiger partial charge in [-0.2, -0.15) is 0 Å². The minimum atomic E-state index is -0.0822. The van der Waals surface area contributed by atoms with Crippen molar-refractivity contribution in [2.75, 3.05) is 5.73 Å². The van der Waals surface area contributed by atoms with Crippen LogP contribution < -0.4 is 11.5 Å². The maximum Gasteiger partial charge on any atom is 0.0551 e. The van der Waals surface area contributed by atoms with Gasteiger partial charge < -0.3 is 11.5 Å². The minimum Gasteiger partial charge on any atom is -0.399 e. The molecular formula is C16H20N2. The van der Waals surface area contributed by atoms with Gasteiger partial charge in [0, 0.05) is 5.69 Å². The second kappa shape index (κ2) is 5.69. The van der Waals surface area contributed by atoms with Gasteiger partial charge in [0.2, 0.25) is 0 Å². The first-order valence-electron chi connectivity index (χ1n) is 6.40. The number of benzene rings is 2. The third kappa shape index (κ3) is 2.90. The van der Waals surface area contributed by atoms with E-state index in [1.54, 1.807) is 0 Å². The van der Waals surface area contributed by atoms with Crippen molar-refractivity contribution < 1.29 is 0 Å². The number of nitrogens with two attached hydrogens (primary N) is 2. The van der Waals surface area contributed by atoms with Crippen LogP contribution in [0.25, 0.3) is 0 Å². The number of hydrogen-bond donors (Lipinski definition) is 2. The molecule has 18 heavy (non-hydrogen) atoms. The lowest BCUT2D eigenvalue weighted by atomic mass is 9.97. The van der Waals surface area contributed by atoms with Gasteiger partial charge in [-0.15, -0.1) is 0 Å². The van der Waals surface area contributed by atoms with Gasteiger partial charge in [0.1, 0.15) is 0 Å². The molecule has 2 aromatic carbocycles. The van der Waals surface area contributed by atoms with E-state index in [1.165, 1.54) is 12.0 Å². The number of aryl methyl sites for hydroxylation is 1. The average Bonchev–Trinajstić information content (AvgIpc) is 2.40. The van der Waals surface area contributed by atoms with E-state index in [4.69, 9.17) is 11.5 Å². The molecule has 0 bridgehead atoms. The molecule has 0 heterocycles. The summed E-state index contributed by atoms with van der Waals surface area (Å²) in [5.74, 6) is 0. The number of nitrogen functional groups attached to an aromatic ring is 1. The zero-order valence-corrected chi connectivity index (χ0v) is 10.8. The molecule has 0 amide bonds. The Labute approximate surface area is 109 Å². The van der Waals surface area contributed by atoms with Crippen LogP contribution in [0.3, 0.4) is 0 Å². The van der Waals surface area contributed by atoms with Gasteiger partial charge in [-0.05, 0) is 35.2 Å². The summed E-state index contributed by atoms with van der Waals surface area (Å²) in [6.45, 7) is 2.19. The Kier molecular flexibility index (Phi) is 4.00. The van der Waals surface area contributed by atoms with Crippen LogP contribution in [-0.4, -0.2) is 0 Å². The Balaban J connectivity index is 2.17.